The van der Waals surface area contributed by atoms with Crippen molar-refractivity contribution in [2.75, 3.05) is 13.1 Å². The average molecular weight is 268 g/mol. The van der Waals surface area contributed by atoms with Crippen LogP contribution in [0.25, 0.3) is 10.8 Å². The number of nitrogens with two attached hydrogens (primary N) is 1. The van der Waals surface area contributed by atoms with E-state index in [0.29, 0.717) is 18.0 Å². The van der Waals surface area contributed by atoms with Gasteiger partial charge in [0.1, 0.15) is 0 Å². The molecule has 1 aliphatic heterocycles. The van der Waals surface area contributed by atoms with Crippen molar-refractivity contribution in [3.05, 3.63) is 48.0 Å². The molecule has 2 aromatic rings. The largest absolute Gasteiger partial charge is 0.328 e. The summed E-state index contributed by atoms with van der Waals surface area (Å²) in [7, 11) is 0. The Bertz CT molecular complexity index is 591. The minimum absolute atomic E-state index is 0.309. The average Bonchev–Trinajstić information content (AvgIpc) is 2.96. The zero-order valence-electron chi connectivity index (χ0n) is 12.4. The molecule has 1 fully saturated rings. The molecule has 0 spiro atoms. The molecule has 0 aromatic heterocycles. The van der Waals surface area contributed by atoms with Crippen LogP contribution >= 0.6 is 0 Å². The Kier molecular flexibility index (Phi) is 3.77. The summed E-state index contributed by atoms with van der Waals surface area (Å²) in [6, 6.07) is 16.2. The maximum absolute atomic E-state index is 6.05. The molecule has 3 atom stereocenters. The molecule has 0 bridgehead atoms. The summed E-state index contributed by atoms with van der Waals surface area (Å²) in [5, 5.41) is 2.65. The van der Waals surface area contributed by atoms with E-state index in [0.717, 1.165) is 6.54 Å². The molecular weight excluding hydrogens is 244 g/mol. The van der Waals surface area contributed by atoms with Gasteiger partial charge in [-0.25, -0.2) is 0 Å². The first-order valence-corrected chi connectivity index (χ1v) is 7.63. The smallest absolute Gasteiger partial charge is 0.0320 e. The van der Waals surface area contributed by atoms with E-state index in [4.69, 9.17) is 5.73 Å². The first-order chi connectivity index (χ1) is 9.65. The highest BCUT2D eigenvalue weighted by Crippen LogP contribution is 2.30. The van der Waals surface area contributed by atoms with Gasteiger partial charge in [0, 0.05) is 18.6 Å². The molecule has 1 aliphatic rings. The van der Waals surface area contributed by atoms with Crippen LogP contribution in [0.5, 0.6) is 0 Å². The fourth-order valence-electron chi connectivity index (χ4n) is 3.27. The van der Waals surface area contributed by atoms with Gasteiger partial charge in [-0.15, -0.1) is 0 Å². The second-order valence-electron chi connectivity index (χ2n) is 6.19. The lowest BCUT2D eigenvalue weighted by atomic mass is 10.0. The van der Waals surface area contributed by atoms with E-state index >= 15 is 0 Å². The lowest BCUT2D eigenvalue weighted by Crippen LogP contribution is -2.30. The Hall–Kier alpha value is -1.38. The number of rotatable bonds is 3. The third kappa shape index (κ3) is 2.58. The molecule has 0 saturated carbocycles. The highest BCUT2D eigenvalue weighted by atomic mass is 15.2. The number of hydrogen-bond donors (Lipinski definition) is 1. The molecular formula is C18H24N2. The van der Waals surface area contributed by atoms with Gasteiger partial charge in [-0.05, 0) is 55.1 Å². The molecule has 0 aliphatic carbocycles. The van der Waals surface area contributed by atoms with Gasteiger partial charge in [-0.3, -0.25) is 4.90 Å². The normalized spacial score (nSPS) is 23.1. The first-order valence-electron chi connectivity index (χ1n) is 7.63. The molecule has 3 rings (SSSR count). The van der Waals surface area contributed by atoms with E-state index in [9.17, 15) is 0 Å². The molecule has 106 valence electrons. The summed E-state index contributed by atoms with van der Waals surface area (Å²) in [4.78, 5) is 2.57. The van der Waals surface area contributed by atoms with E-state index in [-0.39, 0.29) is 0 Å². The maximum Gasteiger partial charge on any atom is 0.0320 e. The van der Waals surface area contributed by atoms with Crippen molar-refractivity contribution in [1.29, 1.82) is 0 Å². The van der Waals surface area contributed by atoms with Gasteiger partial charge in [0.15, 0.2) is 0 Å². The zero-order chi connectivity index (χ0) is 14.1. The van der Waals surface area contributed by atoms with Crippen LogP contribution < -0.4 is 5.73 Å². The van der Waals surface area contributed by atoms with Crippen molar-refractivity contribution in [2.45, 2.75) is 32.4 Å². The predicted molar refractivity (Wildman–Crippen MR) is 85.7 cm³/mol. The third-order valence-corrected chi connectivity index (χ3v) is 4.80. The molecule has 3 unspecified atom stereocenters. The monoisotopic (exact) mass is 268 g/mol. The van der Waals surface area contributed by atoms with Crippen molar-refractivity contribution in [3.8, 4) is 0 Å². The topological polar surface area (TPSA) is 29.3 Å². The Balaban J connectivity index is 1.80. The van der Waals surface area contributed by atoms with Gasteiger partial charge in [-0.1, -0.05) is 36.4 Å². The van der Waals surface area contributed by atoms with Gasteiger partial charge < -0.3 is 5.73 Å². The predicted octanol–water partition coefficient (Wildman–Crippen LogP) is 3.57. The lowest BCUT2D eigenvalue weighted by molar-refractivity contribution is 0.248. The summed E-state index contributed by atoms with van der Waals surface area (Å²) in [5.74, 6) is 0.651. The summed E-state index contributed by atoms with van der Waals surface area (Å²) in [6.07, 6.45) is 1.23. The van der Waals surface area contributed by atoms with Crippen LogP contribution in [0.2, 0.25) is 0 Å². The molecule has 2 aromatic carbocycles. The van der Waals surface area contributed by atoms with Crippen LogP contribution in [0.4, 0.5) is 0 Å². The maximum atomic E-state index is 6.05. The van der Waals surface area contributed by atoms with Crippen LogP contribution in [0.15, 0.2) is 42.5 Å². The van der Waals surface area contributed by atoms with Crippen molar-refractivity contribution >= 4 is 10.8 Å². The molecule has 2 nitrogen and oxygen atoms in total. The van der Waals surface area contributed by atoms with Crippen molar-refractivity contribution < 1.29 is 0 Å². The summed E-state index contributed by atoms with van der Waals surface area (Å²) in [5.41, 5.74) is 7.46. The second kappa shape index (κ2) is 5.55. The Labute approximate surface area is 121 Å². The molecule has 1 heterocycles. The highest BCUT2D eigenvalue weighted by Gasteiger charge is 2.28. The number of fused-ring (bicyclic) bond motifs is 1. The first kappa shape index (κ1) is 13.6. The quantitative estimate of drug-likeness (QED) is 0.922. The van der Waals surface area contributed by atoms with E-state index in [2.05, 4.69) is 61.2 Å². The number of nitrogens with zero attached hydrogens (tertiary/aromatic N) is 1. The minimum Gasteiger partial charge on any atom is -0.328 e. The Morgan fingerprint density at radius 1 is 1.10 bits per heavy atom. The standard InChI is InChI=1S/C18H24N2/c1-13(19)18-9-10-20(12-18)14(2)16-8-7-15-5-3-4-6-17(15)11-16/h3-8,11,13-14,18H,9-10,12,19H2,1-2H3. The summed E-state index contributed by atoms with van der Waals surface area (Å²) in [6.45, 7) is 6.74. The third-order valence-electron chi connectivity index (χ3n) is 4.80. The summed E-state index contributed by atoms with van der Waals surface area (Å²) >= 11 is 0. The fourth-order valence-corrected chi connectivity index (χ4v) is 3.27. The molecule has 20 heavy (non-hydrogen) atoms. The molecule has 0 amide bonds. The Morgan fingerprint density at radius 2 is 1.85 bits per heavy atom. The number of likely N-dealkylation sites (tertiary alicyclic amines) is 1. The number of benzene rings is 2. The van der Waals surface area contributed by atoms with E-state index < -0.39 is 0 Å². The van der Waals surface area contributed by atoms with Crippen LogP contribution in [0.1, 0.15) is 31.9 Å². The fraction of sp³-hybridized carbons (Fsp3) is 0.444. The highest BCUT2D eigenvalue weighted by molar-refractivity contribution is 5.83. The number of hydrogen-bond acceptors (Lipinski definition) is 2. The van der Waals surface area contributed by atoms with Gasteiger partial charge >= 0.3 is 0 Å². The van der Waals surface area contributed by atoms with E-state index in [1.807, 2.05) is 0 Å². The van der Waals surface area contributed by atoms with Crippen LogP contribution in [-0.4, -0.2) is 24.0 Å². The molecule has 2 heteroatoms. The van der Waals surface area contributed by atoms with Crippen LogP contribution in [0.3, 0.4) is 0 Å². The second-order valence-corrected chi connectivity index (χ2v) is 6.19. The van der Waals surface area contributed by atoms with Gasteiger partial charge in [0.25, 0.3) is 0 Å². The van der Waals surface area contributed by atoms with Crippen molar-refractivity contribution in [2.24, 2.45) is 11.7 Å². The van der Waals surface area contributed by atoms with Gasteiger partial charge in [0.05, 0.1) is 0 Å². The van der Waals surface area contributed by atoms with Gasteiger partial charge in [0.2, 0.25) is 0 Å². The van der Waals surface area contributed by atoms with Crippen molar-refractivity contribution in [1.82, 2.24) is 4.90 Å². The molecule has 2 N–H and O–H groups in total. The lowest BCUT2D eigenvalue weighted by Gasteiger charge is -2.25. The van der Waals surface area contributed by atoms with E-state index in [1.54, 1.807) is 0 Å². The van der Waals surface area contributed by atoms with Crippen molar-refractivity contribution in [3.63, 3.8) is 0 Å². The molecule has 1 saturated heterocycles. The summed E-state index contributed by atoms with van der Waals surface area (Å²) < 4.78 is 0. The van der Waals surface area contributed by atoms with Gasteiger partial charge in [-0.2, -0.15) is 0 Å². The minimum atomic E-state index is 0.309. The van der Waals surface area contributed by atoms with E-state index in [1.165, 1.54) is 29.3 Å². The zero-order valence-corrected chi connectivity index (χ0v) is 12.4. The Morgan fingerprint density at radius 3 is 2.55 bits per heavy atom. The van der Waals surface area contributed by atoms with Crippen LogP contribution in [-0.2, 0) is 0 Å². The van der Waals surface area contributed by atoms with Crippen LogP contribution in [0, 0.1) is 5.92 Å². The molecule has 0 radical (unpaired) electrons. The SMILES string of the molecule is CC(N)C1CCN(C(C)c2ccc3ccccc3c2)C1.